The molecule has 0 unspecified atom stereocenters. The quantitative estimate of drug-likeness (QED) is 0.712. The van der Waals surface area contributed by atoms with Gasteiger partial charge in [-0.15, -0.1) is 0 Å². The van der Waals surface area contributed by atoms with Crippen molar-refractivity contribution in [1.82, 2.24) is 9.03 Å². The molecule has 1 aliphatic rings. The first kappa shape index (κ1) is 15.4. The SMILES string of the molecule is CCS(=O)(=O)NC1CCN(S(=O)(=O)CBr)CC1. The first-order valence-corrected chi connectivity index (χ1v) is 9.73. The Balaban J connectivity index is 2.52. The van der Waals surface area contributed by atoms with E-state index in [9.17, 15) is 16.8 Å². The van der Waals surface area contributed by atoms with E-state index in [0.29, 0.717) is 25.9 Å². The third-order valence-corrected chi connectivity index (χ3v) is 7.33. The van der Waals surface area contributed by atoms with Crippen molar-refractivity contribution in [3.63, 3.8) is 0 Å². The summed E-state index contributed by atoms with van der Waals surface area (Å²) in [5.74, 6) is 0.0485. The molecule has 0 aliphatic carbocycles. The second kappa shape index (κ2) is 5.96. The van der Waals surface area contributed by atoms with E-state index in [0.717, 1.165) is 0 Å². The number of nitrogens with one attached hydrogen (secondary N) is 1. The second-order valence-corrected chi connectivity index (χ2v) is 9.23. The molecule has 1 N–H and O–H groups in total. The third-order valence-electron chi connectivity index (χ3n) is 2.71. The van der Waals surface area contributed by atoms with E-state index in [1.807, 2.05) is 0 Å². The molecule has 0 atom stereocenters. The van der Waals surface area contributed by atoms with Crippen LogP contribution >= 0.6 is 15.9 Å². The molecule has 9 heteroatoms. The highest BCUT2D eigenvalue weighted by Gasteiger charge is 2.28. The van der Waals surface area contributed by atoms with Crippen molar-refractivity contribution in [2.45, 2.75) is 25.8 Å². The molecule has 1 fully saturated rings. The van der Waals surface area contributed by atoms with Crippen molar-refractivity contribution >= 4 is 36.0 Å². The maximum atomic E-state index is 11.5. The molecule has 1 saturated heterocycles. The van der Waals surface area contributed by atoms with Crippen LogP contribution in [0.25, 0.3) is 0 Å². The van der Waals surface area contributed by atoms with Gasteiger partial charge in [-0.1, -0.05) is 15.9 Å². The minimum atomic E-state index is -3.22. The predicted octanol–water partition coefficient (Wildman–Crippen LogP) is 0.0723. The average Bonchev–Trinajstić information content (AvgIpc) is 2.29. The highest BCUT2D eigenvalue weighted by Crippen LogP contribution is 2.16. The molecular weight excluding hydrogens is 332 g/mol. The zero-order chi connectivity index (χ0) is 13.1. The molecule has 0 bridgehead atoms. The Morgan fingerprint density at radius 1 is 1.24 bits per heavy atom. The lowest BCUT2D eigenvalue weighted by Crippen LogP contribution is -2.46. The summed E-state index contributed by atoms with van der Waals surface area (Å²) < 4.78 is 49.7. The number of hydrogen-bond acceptors (Lipinski definition) is 4. The number of halogens is 1. The topological polar surface area (TPSA) is 83.6 Å². The van der Waals surface area contributed by atoms with Crippen LogP contribution < -0.4 is 4.72 Å². The summed E-state index contributed by atoms with van der Waals surface area (Å²) in [5.41, 5.74) is 0. The number of rotatable bonds is 5. The van der Waals surface area contributed by atoms with E-state index < -0.39 is 20.0 Å². The van der Waals surface area contributed by atoms with Gasteiger partial charge in [0, 0.05) is 19.1 Å². The van der Waals surface area contributed by atoms with Crippen molar-refractivity contribution in [3.8, 4) is 0 Å². The van der Waals surface area contributed by atoms with Crippen LogP contribution in [0.15, 0.2) is 0 Å². The predicted molar refractivity (Wildman–Crippen MR) is 69.9 cm³/mol. The standard InChI is InChI=1S/C8H17BrN2O4S2/c1-2-16(12,13)10-8-3-5-11(6-4-8)17(14,15)7-9/h8,10H,2-7H2,1H3. The lowest BCUT2D eigenvalue weighted by Gasteiger charge is -2.30. The van der Waals surface area contributed by atoms with E-state index >= 15 is 0 Å². The fraction of sp³-hybridized carbons (Fsp3) is 1.00. The third kappa shape index (κ3) is 4.47. The number of hydrogen-bond donors (Lipinski definition) is 1. The molecule has 0 spiro atoms. The van der Waals surface area contributed by atoms with Gasteiger partial charge < -0.3 is 0 Å². The molecule has 0 saturated carbocycles. The zero-order valence-corrected chi connectivity index (χ0v) is 12.8. The van der Waals surface area contributed by atoms with Crippen molar-refractivity contribution in [3.05, 3.63) is 0 Å². The van der Waals surface area contributed by atoms with Crippen LogP contribution in [0.4, 0.5) is 0 Å². The first-order valence-electron chi connectivity index (χ1n) is 5.34. The lowest BCUT2D eigenvalue weighted by molar-refractivity contribution is 0.310. The Kier molecular flexibility index (Phi) is 5.39. The van der Waals surface area contributed by atoms with Gasteiger partial charge in [0.05, 0.1) is 5.75 Å². The summed E-state index contributed by atoms with van der Waals surface area (Å²) in [6.45, 7) is 2.31. The molecule has 0 amide bonds. The van der Waals surface area contributed by atoms with Crippen molar-refractivity contribution in [1.29, 1.82) is 0 Å². The summed E-state index contributed by atoms with van der Waals surface area (Å²) in [6.07, 6.45) is 1.04. The van der Waals surface area contributed by atoms with Gasteiger partial charge in [0.15, 0.2) is 0 Å². The average molecular weight is 349 g/mol. The largest absolute Gasteiger partial charge is 0.224 e. The van der Waals surface area contributed by atoms with Crippen LogP contribution in [0.1, 0.15) is 19.8 Å². The maximum absolute atomic E-state index is 11.5. The van der Waals surface area contributed by atoms with Crippen LogP contribution in [-0.4, -0.2) is 50.7 Å². The van der Waals surface area contributed by atoms with Crippen molar-refractivity contribution in [2.75, 3.05) is 23.5 Å². The molecule has 6 nitrogen and oxygen atoms in total. The van der Waals surface area contributed by atoms with E-state index in [1.165, 1.54) is 4.31 Å². The molecule has 1 rings (SSSR count). The first-order chi connectivity index (χ1) is 7.80. The van der Waals surface area contributed by atoms with Crippen molar-refractivity contribution in [2.24, 2.45) is 0 Å². The van der Waals surface area contributed by atoms with E-state index in [2.05, 4.69) is 20.7 Å². The fourth-order valence-corrected chi connectivity index (χ4v) is 4.34. The monoisotopic (exact) mass is 348 g/mol. The van der Waals surface area contributed by atoms with Gasteiger partial charge in [-0.25, -0.2) is 25.9 Å². The normalized spacial score (nSPS) is 20.6. The highest BCUT2D eigenvalue weighted by molar-refractivity contribution is 9.10. The Bertz CT molecular complexity index is 440. The number of nitrogens with zero attached hydrogens (tertiary/aromatic N) is 1. The molecule has 0 radical (unpaired) electrons. The van der Waals surface area contributed by atoms with Crippen LogP contribution in [-0.2, 0) is 20.0 Å². The Labute approximate surface area is 111 Å². The molecular formula is C8H17BrN2O4S2. The van der Waals surface area contributed by atoms with E-state index in [1.54, 1.807) is 6.92 Å². The Hall–Kier alpha value is 0.300. The van der Waals surface area contributed by atoms with Gasteiger partial charge in [-0.05, 0) is 19.8 Å². The molecule has 17 heavy (non-hydrogen) atoms. The second-order valence-electron chi connectivity index (χ2n) is 3.92. The summed E-state index contributed by atoms with van der Waals surface area (Å²) in [7, 11) is -6.43. The minimum Gasteiger partial charge on any atom is -0.212 e. The maximum Gasteiger partial charge on any atom is 0.224 e. The van der Waals surface area contributed by atoms with Crippen LogP contribution in [0.5, 0.6) is 0 Å². The Morgan fingerprint density at radius 3 is 2.18 bits per heavy atom. The lowest BCUT2D eigenvalue weighted by atomic mass is 10.1. The fourth-order valence-electron chi connectivity index (χ4n) is 1.66. The van der Waals surface area contributed by atoms with Gasteiger partial charge in [-0.3, -0.25) is 0 Å². The van der Waals surface area contributed by atoms with Gasteiger partial charge >= 0.3 is 0 Å². The molecule has 0 aromatic rings. The molecule has 102 valence electrons. The molecule has 1 heterocycles. The van der Waals surface area contributed by atoms with Gasteiger partial charge in [0.1, 0.15) is 4.66 Å². The molecule has 0 aromatic heterocycles. The van der Waals surface area contributed by atoms with Crippen LogP contribution in [0, 0.1) is 0 Å². The van der Waals surface area contributed by atoms with Crippen LogP contribution in [0.3, 0.4) is 0 Å². The number of alkyl halides is 1. The van der Waals surface area contributed by atoms with E-state index in [-0.39, 0.29) is 16.5 Å². The molecule has 0 aromatic carbocycles. The van der Waals surface area contributed by atoms with Crippen LogP contribution in [0.2, 0.25) is 0 Å². The number of sulfonamides is 2. The smallest absolute Gasteiger partial charge is 0.212 e. The van der Waals surface area contributed by atoms with Gasteiger partial charge in [0.2, 0.25) is 20.0 Å². The van der Waals surface area contributed by atoms with E-state index in [4.69, 9.17) is 0 Å². The number of piperidine rings is 1. The summed E-state index contributed by atoms with van der Waals surface area (Å²) in [4.78, 5) is 0. The van der Waals surface area contributed by atoms with Gasteiger partial charge in [0.25, 0.3) is 0 Å². The highest BCUT2D eigenvalue weighted by atomic mass is 79.9. The summed E-state index contributed by atoms with van der Waals surface area (Å²) in [5, 5.41) is 0. The zero-order valence-electron chi connectivity index (χ0n) is 9.59. The molecule has 1 aliphatic heterocycles. The minimum absolute atomic E-state index is 0.0485. The summed E-state index contributed by atoms with van der Waals surface area (Å²) in [6, 6.07) is -0.151. The van der Waals surface area contributed by atoms with Crippen molar-refractivity contribution < 1.29 is 16.8 Å². The van der Waals surface area contributed by atoms with Gasteiger partial charge in [-0.2, -0.15) is 0 Å². The Morgan fingerprint density at radius 2 is 1.76 bits per heavy atom. The summed E-state index contributed by atoms with van der Waals surface area (Å²) >= 11 is 2.94.